The van der Waals surface area contributed by atoms with E-state index in [1.54, 1.807) is 18.6 Å². The van der Waals surface area contributed by atoms with E-state index in [-0.39, 0.29) is 5.91 Å². The number of nitrogens with zero attached hydrogens (tertiary/aromatic N) is 6. The van der Waals surface area contributed by atoms with E-state index < -0.39 is 0 Å². The maximum Gasteiger partial charge on any atom is 0.270 e. The highest BCUT2D eigenvalue weighted by Gasteiger charge is 2.18. The molecule has 1 saturated heterocycles. The first kappa shape index (κ1) is 21.1. The molecule has 0 aliphatic carbocycles. The number of likely N-dealkylation sites (N-methyl/N-ethyl adjacent to an activating group) is 1. The SMILES string of the molecule is CN1CCN(c2ccc(-c3cc4c(ccn4C)c(C(=O)NCc4cnccn4)n3)cc2)CC1. The summed E-state index contributed by atoms with van der Waals surface area (Å²) in [6.07, 6.45) is 6.82. The number of carbonyl (C=O) groups excluding carboxylic acids is 1. The van der Waals surface area contributed by atoms with Crippen LogP contribution >= 0.6 is 0 Å². The smallest absolute Gasteiger partial charge is 0.270 e. The van der Waals surface area contributed by atoms with Crippen molar-refractivity contribution in [3.05, 3.63) is 72.6 Å². The van der Waals surface area contributed by atoms with Crippen molar-refractivity contribution in [1.29, 1.82) is 0 Å². The number of benzene rings is 1. The normalized spacial score (nSPS) is 14.5. The molecule has 0 spiro atoms. The molecular weight excluding hydrogens is 414 g/mol. The van der Waals surface area contributed by atoms with Crippen LogP contribution in [0.1, 0.15) is 16.2 Å². The first-order valence-electron chi connectivity index (χ1n) is 11.1. The molecule has 5 rings (SSSR count). The van der Waals surface area contributed by atoms with Crippen molar-refractivity contribution in [3.8, 4) is 11.3 Å². The summed E-state index contributed by atoms with van der Waals surface area (Å²) in [4.78, 5) is 30.9. The topological polar surface area (TPSA) is 79.2 Å². The second kappa shape index (κ2) is 8.99. The summed E-state index contributed by atoms with van der Waals surface area (Å²) < 4.78 is 2.01. The van der Waals surface area contributed by atoms with Gasteiger partial charge in [0.05, 0.1) is 29.6 Å². The van der Waals surface area contributed by atoms with Gasteiger partial charge in [0, 0.05) is 68.5 Å². The number of piperazine rings is 1. The van der Waals surface area contributed by atoms with E-state index in [9.17, 15) is 4.79 Å². The minimum Gasteiger partial charge on any atom is -0.369 e. The minimum absolute atomic E-state index is 0.229. The molecule has 0 radical (unpaired) electrons. The van der Waals surface area contributed by atoms with E-state index in [4.69, 9.17) is 4.98 Å². The van der Waals surface area contributed by atoms with Crippen molar-refractivity contribution < 1.29 is 4.79 Å². The van der Waals surface area contributed by atoms with Gasteiger partial charge in [-0.05, 0) is 31.3 Å². The lowest BCUT2D eigenvalue weighted by Crippen LogP contribution is -2.44. The molecule has 33 heavy (non-hydrogen) atoms. The van der Waals surface area contributed by atoms with Gasteiger partial charge in [0.1, 0.15) is 5.69 Å². The van der Waals surface area contributed by atoms with Gasteiger partial charge in [0.25, 0.3) is 5.91 Å². The van der Waals surface area contributed by atoms with Crippen LogP contribution in [0.5, 0.6) is 0 Å². The second-order valence-corrected chi connectivity index (χ2v) is 8.43. The van der Waals surface area contributed by atoms with Gasteiger partial charge in [0.2, 0.25) is 0 Å². The molecule has 1 amide bonds. The van der Waals surface area contributed by atoms with Gasteiger partial charge in [-0.1, -0.05) is 12.1 Å². The third-order valence-corrected chi connectivity index (χ3v) is 6.17. The average molecular weight is 442 g/mol. The van der Waals surface area contributed by atoms with Crippen LogP contribution in [0.25, 0.3) is 22.2 Å². The Bertz CT molecular complexity index is 1260. The van der Waals surface area contributed by atoms with E-state index in [0.717, 1.165) is 48.3 Å². The molecule has 168 valence electrons. The van der Waals surface area contributed by atoms with Gasteiger partial charge < -0.3 is 19.7 Å². The van der Waals surface area contributed by atoms with Crippen molar-refractivity contribution >= 4 is 22.5 Å². The van der Waals surface area contributed by atoms with Crippen LogP contribution in [0.3, 0.4) is 0 Å². The zero-order chi connectivity index (χ0) is 22.8. The number of hydrogen-bond acceptors (Lipinski definition) is 6. The predicted molar refractivity (Wildman–Crippen MR) is 129 cm³/mol. The fraction of sp³-hybridized carbons (Fsp3) is 0.280. The number of nitrogens with one attached hydrogen (secondary N) is 1. The Kier molecular flexibility index (Phi) is 5.75. The molecule has 0 unspecified atom stereocenters. The van der Waals surface area contributed by atoms with Crippen LogP contribution in [0, 0.1) is 0 Å². The maximum absolute atomic E-state index is 13.1. The van der Waals surface area contributed by atoms with Crippen molar-refractivity contribution in [2.75, 3.05) is 38.1 Å². The zero-order valence-corrected chi connectivity index (χ0v) is 18.9. The lowest BCUT2D eigenvalue weighted by molar-refractivity contribution is 0.0947. The molecule has 8 nitrogen and oxygen atoms in total. The number of hydrogen-bond donors (Lipinski definition) is 1. The number of aromatic nitrogens is 4. The van der Waals surface area contributed by atoms with E-state index in [2.05, 4.69) is 56.4 Å². The fourth-order valence-corrected chi connectivity index (χ4v) is 4.17. The lowest BCUT2D eigenvalue weighted by Gasteiger charge is -2.34. The molecule has 1 aromatic carbocycles. The van der Waals surface area contributed by atoms with Crippen LogP contribution in [-0.4, -0.2) is 63.6 Å². The monoisotopic (exact) mass is 441 g/mol. The molecule has 3 aromatic heterocycles. The molecule has 1 fully saturated rings. The number of pyridine rings is 1. The van der Waals surface area contributed by atoms with Gasteiger partial charge in [-0.3, -0.25) is 14.8 Å². The van der Waals surface area contributed by atoms with Gasteiger partial charge in [0.15, 0.2) is 0 Å². The largest absolute Gasteiger partial charge is 0.369 e. The van der Waals surface area contributed by atoms with Crippen LogP contribution in [0.15, 0.2) is 61.2 Å². The van der Waals surface area contributed by atoms with Crippen molar-refractivity contribution in [3.63, 3.8) is 0 Å². The van der Waals surface area contributed by atoms with E-state index in [1.165, 1.54) is 5.69 Å². The first-order valence-corrected chi connectivity index (χ1v) is 11.1. The first-order chi connectivity index (χ1) is 16.1. The summed E-state index contributed by atoms with van der Waals surface area (Å²) >= 11 is 0. The zero-order valence-electron chi connectivity index (χ0n) is 18.9. The minimum atomic E-state index is -0.229. The average Bonchev–Trinajstić information content (AvgIpc) is 3.24. The second-order valence-electron chi connectivity index (χ2n) is 8.43. The summed E-state index contributed by atoms with van der Waals surface area (Å²) in [7, 11) is 4.14. The number of fused-ring (bicyclic) bond motifs is 1. The maximum atomic E-state index is 13.1. The van der Waals surface area contributed by atoms with Gasteiger partial charge in [-0.25, -0.2) is 4.98 Å². The number of rotatable bonds is 5. The standard InChI is InChI=1S/C25H27N7O/c1-30-11-13-32(14-12-30)20-5-3-18(4-6-20)22-15-23-21(7-10-31(23)2)24(29-22)25(33)28-17-19-16-26-8-9-27-19/h3-10,15-16H,11-14,17H2,1-2H3,(H,28,33). The van der Waals surface area contributed by atoms with Crippen molar-refractivity contribution in [1.82, 2.24) is 29.7 Å². The molecule has 4 aromatic rings. The Morgan fingerprint density at radius 1 is 1.03 bits per heavy atom. The van der Waals surface area contributed by atoms with Gasteiger partial charge in [-0.15, -0.1) is 0 Å². The summed E-state index contributed by atoms with van der Waals surface area (Å²) in [5.74, 6) is -0.229. The highest BCUT2D eigenvalue weighted by Crippen LogP contribution is 2.27. The van der Waals surface area contributed by atoms with Crippen molar-refractivity contribution in [2.24, 2.45) is 7.05 Å². The predicted octanol–water partition coefficient (Wildman–Crippen LogP) is 2.71. The van der Waals surface area contributed by atoms with Gasteiger partial charge >= 0.3 is 0 Å². The number of aryl methyl sites for hydroxylation is 1. The van der Waals surface area contributed by atoms with Crippen LogP contribution in [0.2, 0.25) is 0 Å². The summed E-state index contributed by atoms with van der Waals surface area (Å²) in [6.45, 7) is 4.49. The number of carbonyl (C=O) groups is 1. The number of anilines is 1. The highest BCUT2D eigenvalue weighted by molar-refractivity contribution is 6.05. The Hall–Kier alpha value is -3.78. The molecular formula is C25H27N7O. The molecule has 4 heterocycles. The van der Waals surface area contributed by atoms with Crippen LogP contribution < -0.4 is 10.2 Å². The van der Waals surface area contributed by atoms with E-state index in [1.807, 2.05) is 29.9 Å². The number of amides is 1. The molecule has 0 bridgehead atoms. The highest BCUT2D eigenvalue weighted by atomic mass is 16.1. The molecule has 1 aliphatic rings. The Balaban J connectivity index is 1.43. The summed E-state index contributed by atoms with van der Waals surface area (Å²) in [5.41, 5.74) is 5.06. The summed E-state index contributed by atoms with van der Waals surface area (Å²) in [6, 6.07) is 12.4. The Morgan fingerprint density at radius 3 is 2.55 bits per heavy atom. The Labute approximate surface area is 192 Å². The van der Waals surface area contributed by atoms with Crippen molar-refractivity contribution in [2.45, 2.75) is 6.54 Å². The fourth-order valence-electron chi connectivity index (χ4n) is 4.17. The molecule has 1 N–H and O–H groups in total. The van der Waals surface area contributed by atoms with E-state index in [0.29, 0.717) is 17.9 Å². The lowest BCUT2D eigenvalue weighted by atomic mass is 10.1. The van der Waals surface area contributed by atoms with Gasteiger partial charge in [-0.2, -0.15) is 0 Å². The molecule has 1 aliphatic heterocycles. The third-order valence-electron chi connectivity index (χ3n) is 6.17. The van der Waals surface area contributed by atoms with Crippen LogP contribution in [0.4, 0.5) is 5.69 Å². The van der Waals surface area contributed by atoms with E-state index >= 15 is 0 Å². The molecule has 0 saturated carbocycles. The quantitative estimate of drug-likeness (QED) is 0.513. The molecule has 8 heteroatoms. The molecule has 0 atom stereocenters. The summed E-state index contributed by atoms with van der Waals surface area (Å²) in [5, 5.41) is 3.75. The Morgan fingerprint density at radius 2 is 1.82 bits per heavy atom. The van der Waals surface area contributed by atoms with Crippen LogP contribution in [-0.2, 0) is 13.6 Å². The third kappa shape index (κ3) is 4.42.